The average Bonchev–Trinajstić information content (AvgIpc) is 3.80. The summed E-state index contributed by atoms with van der Waals surface area (Å²) in [7, 11) is 0. The Bertz CT molecular complexity index is 1400. The predicted octanol–water partition coefficient (Wildman–Crippen LogP) is 10.7. The summed E-state index contributed by atoms with van der Waals surface area (Å²) in [5.41, 5.74) is 0.443. The molecular weight excluding hydrogens is 693 g/mol. The molecule has 0 aromatic carbocycles. The second kappa shape index (κ2) is 21.5. The van der Waals surface area contributed by atoms with E-state index in [0.717, 1.165) is 90.0 Å². The van der Waals surface area contributed by atoms with E-state index in [2.05, 4.69) is 101 Å². The zero-order valence-electron chi connectivity index (χ0n) is 36.1. The largest absolute Gasteiger partial charge is 0.393 e. The Kier molecular flexibility index (Phi) is 17.2. The molecule has 3 N–H and O–H groups in total. The van der Waals surface area contributed by atoms with E-state index >= 15 is 0 Å². The van der Waals surface area contributed by atoms with Gasteiger partial charge in [-0.2, -0.15) is 0 Å². The number of aliphatic hydroxyl groups excluding tert-OH is 2. The van der Waals surface area contributed by atoms with Gasteiger partial charge in [0, 0.05) is 32.0 Å². The fourth-order valence-electron chi connectivity index (χ4n) is 12.8. The van der Waals surface area contributed by atoms with Crippen LogP contribution in [0.2, 0.25) is 0 Å². The van der Waals surface area contributed by atoms with Crippen LogP contribution in [0.5, 0.6) is 0 Å². The third-order valence-electron chi connectivity index (χ3n) is 15.8. The number of aliphatic hydroxyl groups is 2. The molecule has 56 heavy (non-hydrogen) atoms. The van der Waals surface area contributed by atoms with E-state index in [1.165, 1.54) is 25.7 Å². The van der Waals surface area contributed by atoms with Crippen LogP contribution < -0.4 is 5.32 Å². The van der Waals surface area contributed by atoms with Crippen molar-refractivity contribution in [1.29, 1.82) is 0 Å². The number of allylic oxidation sites excluding steroid dienone is 10. The van der Waals surface area contributed by atoms with Crippen LogP contribution in [0.25, 0.3) is 0 Å². The van der Waals surface area contributed by atoms with Gasteiger partial charge in [-0.15, -0.1) is 0 Å². The van der Waals surface area contributed by atoms with Gasteiger partial charge in [0.15, 0.2) is 0 Å². The normalized spacial score (nSPS) is 36.6. The molecule has 5 fully saturated rings. The Balaban J connectivity index is 0.966. The molecule has 0 radical (unpaired) electrons. The molecule has 5 aliphatic rings. The van der Waals surface area contributed by atoms with Crippen molar-refractivity contribution in [3.05, 3.63) is 60.8 Å². The quantitative estimate of drug-likeness (QED) is 0.0901. The molecular formula is C50H80N2O4. The van der Waals surface area contributed by atoms with Crippen molar-refractivity contribution < 1.29 is 19.8 Å². The molecule has 0 aromatic rings. The molecule has 0 spiro atoms. The summed E-state index contributed by atoms with van der Waals surface area (Å²) < 4.78 is 0. The van der Waals surface area contributed by atoms with Gasteiger partial charge >= 0.3 is 0 Å². The molecule has 1 aliphatic heterocycles. The molecule has 4 aliphatic carbocycles. The van der Waals surface area contributed by atoms with Crippen LogP contribution in [-0.4, -0.2) is 58.3 Å². The summed E-state index contributed by atoms with van der Waals surface area (Å²) in [6.45, 7) is 13.2. The van der Waals surface area contributed by atoms with Crippen LogP contribution in [0.4, 0.5) is 0 Å². The first-order valence-electron chi connectivity index (χ1n) is 23.2. The molecule has 6 nitrogen and oxygen atoms in total. The van der Waals surface area contributed by atoms with E-state index in [0.29, 0.717) is 54.9 Å². The average molecular weight is 773 g/mol. The molecule has 12 atom stereocenters. The molecule has 4 saturated carbocycles. The summed E-state index contributed by atoms with van der Waals surface area (Å²) in [6.07, 6.45) is 39.9. The van der Waals surface area contributed by atoms with E-state index in [4.69, 9.17) is 0 Å². The Labute approximate surface area is 341 Å². The van der Waals surface area contributed by atoms with E-state index in [1.54, 1.807) is 0 Å². The van der Waals surface area contributed by atoms with Gasteiger partial charge in [-0.25, -0.2) is 0 Å². The Morgan fingerprint density at radius 2 is 1.39 bits per heavy atom. The molecule has 1 saturated heterocycles. The third kappa shape index (κ3) is 11.0. The van der Waals surface area contributed by atoms with Gasteiger partial charge in [0.1, 0.15) is 0 Å². The molecule has 2 amide bonds. The van der Waals surface area contributed by atoms with Crippen LogP contribution in [0.3, 0.4) is 0 Å². The van der Waals surface area contributed by atoms with Crippen molar-refractivity contribution in [2.45, 2.75) is 175 Å². The molecule has 0 aromatic heterocycles. The van der Waals surface area contributed by atoms with Gasteiger partial charge in [-0.3, -0.25) is 9.59 Å². The molecule has 1 heterocycles. The number of rotatable bonds is 19. The Morgan fingerprint density at radius 3 is 2.05 bits per heavy atom. The van der Waals surface area contributed by atoms with Crippen LogP contribution in [0, 0.1) is 52.3 Å². The summed E-state index contributed by atoms with van der Waals surface area (Å²) in [5.74, 6) is 3.57. The van der Waals surface area contributed by atoms with Crippen molar-refractivity contribution >= 4 is 11.8 Å². The lowest BCUT2D eigenvalue weighted by atomic mass is 9.41. The highest BCUT2D eigenvalue weighted by atomic mass is 16.3. The second-order valence-electron chi connectivity index (χ2n) is 19.1. The smallest absolute Gasteiger partial charge is 0.222 e. The summed E-state index contributed by atoms with van der Waals surface area (Å²) in [6, 6.07) is 0.0572. The monoisotopic (exact) mass is 773 g/mol. The maximum Gasteiger partial charge on any atom is 0.222 e. The highest BCUT2D eigenvalue weighted by Gasteiger charge is 2.64. The minimum absolute atomic E-state index is 0.0572. The van der Waals surface area contributed by atoms with Gasteiger partial charge in [0.25, 0.3) is 0 Å². The zero-order valence-corrected chi connectivity index (χ0v) is 36.1. The molecule has 5 rings (SSSR count). The van der Waals surface area contributed by atoms with Crippen LogP contribution in [0.1, 0.15) is 157 Å². The summed E-state index contributed by atoms with van der Waals surface area (Å²) >= 11 is 0. The standard InChI is InChI=1S/C50H80N2O4/c1-6-8-9-10-11-12-13-14-15-16-17-18-19-20-21-22-23-24-46(55)52-34-31-38(36-52)51-45(54)28-25-37(3)41-26-27-42-47-43(30-33-49(41,42)4)50(5)32-29-39(53)35-44(50)40(7-2)48(47)56/h8-9,11-12,14-15,17-18,20-21,37-44,47-48,53,56H,6-7,10,13,16,19,22-36H2,1-5H3,(H,51,54)/b9-8-,12-11-,15-14-,18-17-,21-20-/t37-,38-,39-,40-,41?,42+,43+,44+,47+,48-,49-,50-/m1/s1. The number of likely N-dealkylation sites (tertiary alicyclic amines) is 1. The maximum atomic E-state index is 13.2. The van der Waals surface area contributed by atoms with Crippen molar-refractivity contribution in [1.82, 2.24) is 10.2 Å². The minimum Gasteiger partial charge on any atom is -0.393 e. The number of nitrogens with one attached hydrogen (secondary N) is 1. The first-order valence-corrected chi connectivity index (χ1v) is 23.2. The zero-order chi connectivity index (χ0) is 40.1. The number of fused-ring (bicyclic) bond motifs is 5. The van der Waals surface area contributed by atoms with Gasteiger partial charge in [0.2, 0.25) is 11.8 Å². The van der Waals surface area contributed by atoms with Crippen LogP contribution in [0.15, 0.2) is 60.8 Å². The summed E-state index contributed by atoms with van der Waals surface area (Å²) in [5, 5.41) is 25.9. The first kappa shape index (κ1) is 44.7. The van der Waals surface area contributed by atoms with Crippen molar-refractivity contribution in [2.24, 2.45) is 52.3 Å². The van der Waals surface area contributed by atoms with Crippen molar-refractivity contribution in [2.75, 3.05) is 13.1 Å². The molecule has 1 unspecified atom stereocenters. The maximum absolute atomic E-state index is 13.2. The van der Waals surface area contributed by atoms with Gasteiger partial charge < -0.3 is 20.4 Å². The van der Waals surface area contributed by atoms with Crippen molar-refractivity contribution in [3.63, 3.8) is 0 Å². The number of unbranched alkanes of at least 4 members (excludes halogenated alkanes) is 1. The number of nitrogens with zero attached hydrogens (tertiary/aromatic N) is 1. The van der Waals surface area contributed by atoms with E-state index in [9.17, 15) is 19.8 Å². The summed E-state index contributed by atoms with van der Waals surface area (Å²) in [4.78, 5) is 28.1. The van der Waals surface area contributed by atoms with Crippen molar-refractivity contribution in [3.8, 4) is 0 Å². The number of hydrogen-bond acceptors (Lipinski definition) is 4. The lowest BCUT2D eigenvalue weighted by Crippen LogP contribution is -2.62. The van der Waals surface area contributed by atoms with Gasteiger partial charge in [-0.1, -0.05) is 102 Å². The number of hydrogen-bond donors (Lipinski definition) is 3. The van der Waals surface area contributed by atoms with Gasteiger partial charge in [-0.05, 0) is 155 Å². The number of carbonyl (C=O) groups excluding carboxylic acids is 2. The molecule has 6 heteroatoms. The second-order valence-corrected chi connectivity index (χ2v) is 19.1. The Morgan fingerprint density at radius 1 is 0.768 bits per heavy atom. The van der Waals surface area contributed by atoms with E-state index in [1.807, 2.05) is 4.90 Å². The molecule has 0 bridgehead atoms. The highest BCUT2D eigenvalue weighted by molar-refractivity contribution is 5.78. The van der Waals surface area contributed by atoms with Gasteiger partial charge in [0.05, 0.1) is 12.2 Å². The lowest BCUT2D eigenvalue weighted by Gasteiger charge is -2.64. The molecule has 314 valence electrons. The van der Waals surface area contributed by atoms with Crippen LogP contribution >= 0.6 is 0 Å². The third-order valence-corrected chi connectivity index (χ3v) is 15.8. The predicted molar refractivity (Wildman–Crippen MR) is 232 cm³/mol. The number of carbonyl (C=O) groups is 2. The first-order chi connectivity index (χ1) is 27.0. The minimum atomic E-state index is -0.264. The lowest BCUT2D eigenvalue weighted by molar-refractivity contribution is -0.203. The van der Waals surface area contributed by atoms with E-state index < -0.39 is 0 Å². The highest BCUT2D eigenvalue weighted by Crippen LogP contribution is 2.69. The fourth-order valence-corrected chi connectivity index (χ4v) is 12.8. The van der Waals surface area contributed by atoms with E-state index in [-0.39, 0.29) is 46.8 Å². The fraction of sp³-hybridized carbons (Fsp3) is 0.760. The van der Waals surface area contributed by atoms with Crippen LogP contribution in [-0.2, 0) is 9.59 Å². The number of amides is 2. The topological polar surface area (TPSA) is 89.9 Å². The Hall–Kier alpha value is -2.44. The SMILES string of the molecule is CC/C=C\C/C=C\C/C=C\C/C=C\C/C=C\CCCC(=O)N1CC[C@@H](NC(=O)CC[C@@H](C)C2CC[C@H]3[C@@H]4[C@H](O)[C@H](CC)[C@@H]5C[C@H](O)CC[C@]5(C)[C@H]4CC[C@]23C)C1.